The molecular weight excluding hydrogens is 478 g/mol. The van der Waals surface area contributed by atoms with E-state index in [-0.39, 0.29) is 48.4 Å². The van der Waals surface area contributed by atoms with Crippen LogP contribution in [0.15, 0.2) is 11.6 Å². The number of rotatable bonds is 9. The van der Waals surface area contributed by atoms with Crippen molar-refractivity contribution in [1.29, 1.82) is 0 Å². The number of ether oxygens (including phenoxy) is 1. The molecule has 0 heterocycles. The molecule has 9 nitrogen and oxygen atoms in total. The summed E-state index contributed by atoms with van der Waals surface area (Å²) in [4.78, 5) is 58.9. The van der Waals surface area contributed by atoms with Gasteiger partial charge < -0.3 is 20.3 Å². The van der Waals surface area contributed by atoms with Gasteiger partial charge in [0.15, 0.2) is 5.78 Å². The molecule has 7 atom stereocenters. The number of amides is 1. The van der Waals surface area contributed by atoms with Crippen LogP contribution in [0.4, 0.5) is 0 Å². The molecule has 0 aromatic carbocycles. The van der Waals surface area contributed by atoms with Crippen LogP contribution in [-0.2, 0) is 28.7 Å². The lowest BCUT2D eigenvalue weighted by Gasteiger charge is -2.57. The summed E-state index contributed by atoms with van der Waals surface area (Å²) in [7, 11) is 0. The summed E-state index contributed by atoms with van der Waals surface area (Å²) < 4.78 is 5.92. The Morgan fingerprint density at radius 2 is 1.76 bits per heavy atom. The van der Waals surface area contributed by atoms with Gasteiger partial charge in [-0.05, 0) is 80.6 Å². The van der Waals surface area contributed by atoms with E-state index in [0.29, 0.717) is 24.2 Å². The van der Waals surface area contributed by atoms with Gasteiger partial charge in [-0.15, -0.1) is 0 Å². The number of hydrogen-bond donors (Lipinski definition) is 3. The highest BCUT2D eigenvalue weighted by Gasteiger charge is 2.59. The molecule has 204 valence electrons. The summed E-state index contributed by atoms with van der Waals surface area (Å²) in [6.07, 6.45) is 8.20. The number of carboxylic acid groups (broad SMARTS) is 2. The van der Waals surface area contributed by atoms with Crippen molar-refractivity contribution in [1.82, 2.24) is 5.32 Å². The Labute approximate surface area is 217 Å². The lowest BCUT2D eigenvalue weighted by molar-refractivity contribution is -0.160. The third-order valence-corrected chi connectivity index (χ3v) is 9.99. The fourth-order valence-electron chi connectivity index (χ4n) is 7.93. The minimum Gasteiger partial charge on any atom is -0.481 e. The van der Waals surface area contributed by atoms with Crippen molar-refractivity contribution in [2.75, 3.05) is 0 Å². The van der Waals surface area contributed by atoms with Gasteiger partial charge in [-0.2, -0.15) is 0 Å². The second kappa shape index (κ2) is 10.6. The highest BCUT2D eigenvalue weighted by Crippen LogP contribution is 2.65. The van der Waals surface area contributed by atoms with Gasteiger partial charge in [0.25, 0.3) is 0 Å². The number of hydrogen-bond acceptors (Lipinski definition) is 6. The van der Waals surface area contributed by atoms with Gasteiger partial charge in [0.05, 0.1) is 6.42 Å². The van der Waals surface area contributed by atoms with Crippen molar-refractivity contribution in [2.24, 2.45) is 28.6 Å². The van der Waals surface area contributed by atoms with Crippen molar-refractivity contribution in [2.45, 2.75) is 103 Å². The number of carbonyl (C=O) groups is 5. The van der Waals surface area contributed by atoms with E-state index in [1.54, 1.807) is 0 Å². The van der Waals surface area contributed by atoms with Crippen molar-refractivity contribution in [3.63, 3.8) is 0 Å². The number of esters is 1. The molecule has 3 saturated carbocycles. The zero-order valence-electron chi connectivity index (χ0n) is 21.8. The Balaban J connectivity index is 1.31. The van der Waals surface area contributed by atoms with Crippen LogP contribution in [0.25, 0.3) is 0 Å². The van der Waals surface area contributed by atoms with Crippen LogP contribution in [0.3, 0.4) is 0 Å². The van der Waals surface area contributed by atoms with Crippen LogP contribution in [-0.4, -0.2) is 52.0 Å². The Morgan fingerprint density at radius 1 is 1.00 bits per heavy atom. The molecule has 0 radical (unpaired) electrons. The lowest BCUT2D eigenvalue weighted by Crippen LogP contribution is -2.51. The van der Waals surface area contributed by atoms with Crippen molar-refractivity contribution in [3.05, 3.63) is 11.6 Å². The number of ketones is 1. The number of carbonyl (C=O) groups excluding carboxylic acids is 3. The van der Waals surface area contributed by atoms with E-state index < -0.39 is 29.9 Å². The molecule has 0 saturated heterocycles. The van der Waals surface area contributed by atoms with Crippen molar-refractivity contribution < 1.29 is 38.9 Å². The Kier molecular flexibility index (Phi) is 7.81. The molecule has 0 spiro atoms. The first-order valence-corrected chi connectivity index (χ1v) is 13.6. The molecule has 0 aromatic heterocycles. The Bertz CT molecular complexity index is 1000. The minimum atomic E-state index is -1.31. The molecule has 9 heteroatoms. The van der Waals surface area contributed by atoms with Gasteiger partial charge in [-0.1, -0.05) is 19.4 Å². The van der Waals surface area contributed by atoms with E-state index in [1.807, 2.05) is 6.08 Å². The first-order valence-electron chi connectivity index (χ1n) is 13.6. The standard InChI is InChI=1S/C28H39NO8/c1-27-13-11-17(30)15-16(27)3-4-18-19-5-7-22(28(19,2)14-12-20(18)27)37-25(34)10-8-23(31)29-21(26(35)36)6-9-24(32)33/h15,18-22H,3-14H2,1-2H3,(H,29,31)(H,32,33)(H,35,36)/t18-,19+,20-,21-,22-,27+,28+/m1/s1. The number of aliphatic carboxylic acids is 2. The van der Waals surface area contributed by atoms with Crippen LogP contribution in [0.2, 0.25) is 0 Å². The lowest BCUT2D eigenvalue weighted by atomic mass is 9.47. The second-order valence-electron chi connectivity index (χ2n) is 12.0. The highest BCUT2D eigenvalue weighted by atomic mass is 16.5. The number of allylic oxidation sites excluding steroid dienone is 1. The number of fused-ring (bicyclic) bond motifs is 5. The van der Waals surface area contributed by atoms with Gasteiger partial charge in [-0.3, -0.25) is 19.2 Å². The van der Waals surface area contributed by atoms with Gasteiger partial charge in [-0.25, -0.2) is 4.79 Å². The van der Waals surface area contributed by atoms with Crippen LogP contribution in [0.1, 0.15) is 90.9 Å². The zero-order chi connectivity index (χ0) is 27.0. The number of carboxylic acids is 2. The maximum Gasteiger partial charge on any atom is 0.326 e. The molecule has 0 unspecified atom stereocenters. The average Bonchev–Trinajstić information content (AvgIpc) is 3.16. The molecule has 0 aliphatic heterocycles. The van der Waals surface area contributed by atoms with E-state index in [0.717, 1.165) is 44.9 Å². The zero-order valence-corrected chi connectivity index (χ0v) is 21.8. The highest BCUT2D eigenvalue weighted by molar-refractivity contribution is 5.91. The fraction of sp³-hybridized carbons (Fsp3) is 0.750. The average molecular weight is 518 g/mol. The normalized spacial score (nSPS) is 35.3. The molecule has 3 fully saturated rings. The molecule has 37 heavy (non-hydrogen) atoms. The van der Waals surface area contributed by atoms with Crippen LogP contribution >= 0.6 is 0 Å². The molecule has 1 amide bonds. The summed E-state index contributed by atoms with van der Waals surface area (Å²) in [6, 6.07) is -1.31. The predicted octanol–water partition coefficient (Wildman–Crippen LogP) is 3.64. The monoisotopic (exact) mass is 517 g/mol. The quantitative estimate of drug-likeness (QED) is 0.393. The van der Waals surface area contributed by atoms with E-state index in [4.69, 9.17) is 9.84 Å². The van der Waals surface area contributed by atoms with Gasteiger partial charge >= 0.3 is 17.9 Å². The third kappa shape index (κ3) is 5.46. The molecule has 4 rings (SSSR count). The van der Waals surface area contributed by atoms with Crippen LogP contribution < -0.4 is 5.32 Å². The maximum absolute atomic E-state index is 12.7. The minimum absolute atomic E-state index is 0.0958. The summed E-state index contributed by atoms with van der Waals surface area (Å²) in [6.45, 7) is 4.59. The van der Waals surface area contributed by atoms with Crippen molar-refractivity contribution >= 4 is 29.6 Å². The molecule has 4 aliphatic rings. The van der Waals surface area contributed by atoms with Crippen LogP contribution in [0.5, 0.6) is 0 Å². The fourth-order valence-corrected chi connectivity index (χ4v) is 7.93. The summed E-state index contributed by atoms with van der Waals surface area (Å²) in [5.74, 6) is -1.70. The molecule has 0 aromatic rings. The van der Waals surface area contributed by atoms with Gasteiger partial charge in [0.2, 0.25) is 5.91 Å². The molecule has 0 bridgehead atoms. The van der Waals surface area contributed by atoms with Crippen LogP contribution in [0, 0.1) is 28.6 Å². The molecular formula is C28H39NO8. The predicted molar refractivity (Wildman–Crippen MR) is 132 cm³/mol. The van der Waals surface area contributed by atoms with E-state index in [9.17, 15) is 29.1 Å². The Hall–Kier alpha value is -2.71. The SMILES string of the molecule is C[C@]12CC[C@@H]3[C@H](CCC4=CC(=O)CC[C@@]43C)[C@@H]1CC[C@H]2OC(=O)CCC(=O)N[C@H](CCC(=O)O)C(=O)O. The molecule has 4 aliphatic carbocycles. The molecule has 3 N–H and O–H groups in total. The first-order chi connectivity index (χ1) is 17.4. The number of nitrogens with one attached hydrogen (secondary N) is 1. The first kappa shape index (κ1) is 27.3. The summed E-state index contributed by atoms with van der Waals surface area (Å²) in [5.41, 5.74) is 1.33. The Morgan fingerprint density at radius 3 is 2.46 bits per heavy atom. The van der Waals surface area contributed by atoms with E-state index in [2.05, 4.69) is 19.2 Å². The largest absolute Gasteiger partial charge is 0.481 e. The van der Waals surface area contributed by atoms with E-state index in [1.165, 1.54) is 5.57 Å². The smallest absolute Gasteiger partial charge is 0.326 e. The second-order valence-corrected chi connectivity index (χ2v) is 12.0. The maximum atomic E-state index is 12.7. The van der Waals surface area contributed by atoms with Gasteiger partial charge in [0.1, 0.15) is 12.1 Å². The summed E-state index contributed by atoms with van der Waals surface area (Å²) >= 11 is 0. The topological polar surface area (TPSA) is 147 Å². The summed E-state index contributed by atoms with van der Waals surface area (Å²) in [5, 5.41) is 20.2. The van der Waals surface area contributed by atoms with Crippen molar-refractivity contribution in [3.8, 4) is 0 Å². The third-order valence-electron chi connectivity index (χ3n) is 9.99. The van der Waals surface area contributed by atoms with Gasteiger partial charge in [0, 0.05) is 24.7 Å². The van der Waals surface area contributed by atoms with E-state index >= 15 is 0 Å².